The fraction of sp³-hybridized carbons (Fsp3) is 0.300. The Hall–Kier alpha value is -1.53. The van der Waals surface area contributed by atoms with Crippen molar-refractivity contribution in [3.63, 3.8) is 0 Å². The van der Waals surface area contributed by atoms with Gasteiger partial charge < -0.3 is 9.47 Å². The van der Waals surface area contributed by atoms with Gasteiger partial charge in [0.05, 0.1) is 25.3 Å². The highest BCUT2D eigenvalue weighted by atomic mass is 16.5. The van der Waals surface area contributed by atoms with E-state index in [2.05, 4.69) is 6.07 Å². The third-order valence-corrected chi connectivity index (χ3v) is 1.72. The molecule has 0 amide bonds. The molecule has 0 radical (unpaired) electrons. The van der Waals surface area contributed by atoms with Crippen molar-refractivity contribution in [3.05, 3.63) is 29.3 Å². The molecule has 0 fully saturated rings. The van der Waals surface area contributed by atoms with Gasteiger partial charge in [-0.05, 0) is 12.1 Å². The third-order valence-electron chi connectivity index (χ3n) is 1.72. The molecule has 1 aromatic carbocycles. The lowest BCUT2D eigenvalue weighted by atomic mass is 10.1. The Balaban J connectivity index is 3.02. The van der Waals surface area contributed by atoms with E-state index in [1.54, 1.807) is 26.4 Å². The van der Waals surface area contributed by atoms with Gasteiger partial charge in [-0.3, -0.25) is 0 Å². The maximum atomic E-state index is 8.64. The van der Waals surface area contributed by atoms with Crippen LogP contribution in [-0.4, -0.2) is 14.2 Å². The normalized spacial score (nSPS) is 9.31. The minimum atomic E-state index is 0.495. The second-order valence-corrected chi connectivity index (χ2v) is 2.57. The molecule has 0 aliphatic carbocycles. The summed E-state index contributed by atoms with van der Waals surface area (Å²) in [5.41, 5.74) is 1.54. The summed E-state index contributed by atoms with van der Waals surface area (Å²) < 4.78 is 10.1. The lowest BCUT2D eigenvalue weighted by Gasteiger charge is -2.07. The molecule has 0 bridgehead atoms. The lowest BCUT2D eigenvalue weighted by Crippen LogP contribution is -1.94. The van der Waals surface area contributed by atoms with Crippen LogP contribution in [0.5, 0.6) is 5.75 Å². The Labute approximate surface area is 77.5 Å². The minimum Gasteiger partial charge on any atom is -0.496 e. The van der Waals surface area contributed by atoms with Gasteiger partial charge in [-0.25, -0.2) is 0 Å². The zero-order chi connectivity index (χ0) is 9.68. The number of methoxy groups -OCH3 is 2. The summed E-state index contributed by atoms with van der Waals surface area (Å²) in [6.45, 7) is 0.495. The monoisotopic (exact) mass is 177 g/mol. The molecule has 0 unspecified atom stereocenters. The maximum absolute atomic E-state index is 8.64. The van der Waals surface area contributed by atoms with Crippen molar-refractivity contribution in [1.29, 1.82) is 5.26 Å². The molecule has 0 atom stereocenters. The Morgan fingerprint density at radius 3 is 2.69 bits per heavy atom. The van der Waals surface area contributed by atoms with E-state index in [4.69, 9.17) is 14.7 Å². The number of ether oxygens (including phenoxy) is 2. The number of nitriles is 1. The van der Waals surface area contributed by atoms with E-state index < -0.39 is 0 Å². The fourth-order valence-corrected chi connectivity index (χ4v) is 1.09. The zero-order valence-electron chi connectivity index (χ0n) is 7.70. The molecule has 1 aromatic rings. The van der Waals surface area contributed by atoms with Gasteiger partial charge in [0.1, 0.15) is 5.75 Å². The maximum Gasteiger partial charge on any atom is 0.125 e. The number of rotatable bonds is 3. The largest absolute Gasteiger partial charge is 0.496 e. The third kappa shape index (κ3) is 2.20. The molecule has 0 saturated heterocycles. The summed E-state index contributed by atoms with van der Waals surface area (Å²) in [7, 11) is 3.20. The van der Waals surface area contributed by atoms with Crippen LogP contribution in [0.25, 0.3) is 0 Å². The number of hydrogen-bond acceptors (Lipinski definition) is 3. The Kier molecular flexibility index (Phi) is 3.30. The Morgan fingerprint density at radius 2 is 2.15 bits per heavy atom. The summed E-state index contributed by atoms with van der Waals surface area (Å²) in [6.07, 6.45) is 0. The quantitative estimate of drug-likeness (QED) is 0.705. The molecule has 0 saturated carbocycles. The molecule has 3 nitrogen and oxygen atoms in total. The van der Waals surface area contributed by atoms with E-state index in [1.807, 2.05) is 6.07 Å². The molecule has 0 heterocycles. The summed E-state index contributed by atoms with van der Waals surface area (Å²) >= 11 is 0. The average molecular weight is 177 g/mol. The van der Waals surface area contributed by atoms with Crippen LogP contribution in [0.4, 0.5) is 0 Å². The molecule has 13 heavy (non-hydrogen) atoms. The highest BCUT2D eigenvalue weighted by Crippen LogP contribution is 2.20. The molecule has 0 aromatic heterocycles. The van der Waals surface area contributed by atoms with Crippen molar-refractivity contribution < 1.29 is 9.47 Å². The summed E-state index contributed by atoms with van der Waals surface area (Å²) in [5.74, 6) is 0.695. The van der Waals surface area contributed by atoms with Crippen LogP contribution in [0.15, 0.2) is 18.2 Å². The van der Waals surface area contributed by atoms with Gasteiger partial charge in [-0.1, -0.05) is 6.07 Å². The van der Waals surface area contributed by atoms with Crippen LogP contribution in [0, 0.1) is 11.3 Å². The van der Waals surface area contributed by atoms with E-state index in [1.165, 1.54) is 0 Å². The summed E-state index contributed by atoms with van der Waals surface area (Å²) in [4.78, 5) is 0. The van der Waals surface area contributed by atoms with Crippen molar-refractivity contribution in [2.75, 3.05) is 14.2 Å². The van der Waals surface area contributed by atoms with Crippen LogP contribution >= 0.6 is 0 Å². The van der Waals surface area contributed by atoms with Crippen molar-refractivity contribution >= 4 is 0 Å². The van der Waals surface area contributed by atoms with Crippen LogP contribution < -0.4 is 4.74 Å². The first-order valence-electron chi connectivity index (χ1n) is 3.87. The first-order valence-corrected chi connectivity index (χ1v) is 3.87. The predicted octanol–water partition coefficient (Wildman–Crippen LogP) is 1.71. The topological polar surface area (TPSA) is 42.2 Å². The summed E-state index contributed by atoms with van der Waals surface area (Å²) in [5, 5.41) is 8.64. The van der Waals surface area contributed by atoms with Crippen LogP contribution in [0.1, 0.15) is 11.1 Å². The van der Waals surface area contributed by atoms with Gasteiger partial charge in [-0.15, -0.1) is 0 Å². The van der Waals surface area contributed by atoms with E-state index >= 15 is 0 Å². The Bertz CT molecular complexity index is 328. The first-order chi connectivity index (χ1) is 6.31. The lowest BCUT2D eigenvalue weighted by molar-refractivity contribution is 0.181. The number of benzene rings is 1. The van der Waals surface area contributed by atoms with Gasteiger partial charge in [0, 0.05) is 12.7 Å². The molecular formula is C10H11NO2. The smallest absolute Gasteiger partial charge is 0.125 e. The van der Waals surface area contributed by atoms with E-state index in [0.717, 1.165) is 5.56 Å². The second kappa shape index (κ2) is 4.48. The molecule has 0 spiro atoms. The molecule has 0 aliphatic heterocycles. The first kappa shape index (κ1) is 9.56. The molecular weight excluding hydrogens is 166 g/mol. The van der Waals surface area contributed by atoms with Gasteiger partial charge in [0.15, 0.2) is 0 Å². The number of hydrogen-bond donors (Lipinski definition) is 0. The van der Waals surface area contributed by atoms with E-state index in [9.17, 15) is 0 Å². The molecule has 68 valence electrons. The number of nitrogens with zero attached hydrogens (tertiary/aromatic N) is 1. The van der Waals surface area contributed by atoms with Gasteiger partial charge in [0.25, 0.3) is 0 Å². The van der Waals surface area contributed by atoms with Crippen LogP contribution in [0.3, 0.4) is 0 Å². The zero-order valence-corrected chi connectivity index (χ0v) is 7.70. The second-order valence-electron chi connectivity index (χ2n) is 2.57. The van der Waals surface area contributed by atoms with Crippen molar-refractivity contribution in [1.82, 2.24) is 0 Å². The van der Waals surface area contributed by atoms with E-state index in [-0.39, 0.29) is 0 Å². The molecule has 1 rings (SSSR count). The van der Waals surface area contributed by atoms with Crippen LogP contribution in [0.2, 0.25) is 0 Å². The molecule has 0 N–H and O–H groups in total. The van der Waals surface area contributed by atoms with Crippen molar-refractivity contribution in [2.24, 2.45) is 0 Å². The van der Waals surface area contributed by atoms with Gasteiger partial charge in [0.2, 0.25) is 0 Å². The van der Waals surface area contributed by atoms with E-state index in [0.29, 0.717) is 17.9 Å². The van der Waals surface area contributed by atoms with Gasteiger partial charge in [-0.2, -0.15) is 5.26 Å². The van der Waals surface area contributed by atoms with Crippen molar-refractivity contribution in [2.45, 2.75) is 6.61 Å². The average Bonchev–Trinajstić information content (AvgIpc) is 2.19. The highest BCUT2D eigenvalue weighted by Gasteiger charge is 2.03. The SMILES string of the molecule is COCc1ccc(C#N)cc1OC. The summed E-state index contributed by atoms with van der Waals surface area (Å²) in [6, 6.07) is 7.33. The van der Waals surface area contributed by atoms with Gasteiger partial charge >= 0.3 is 0 Å². The molecule has 3 heteroatoms. The predicted molar refractivity (Wildman–Crippen MR) is 48.4 cm³/mol. The van der Waals surface area contributed by atoms with Crippen molar-refractivity contribution in [3.8, 4) is 11.8 Å². The highest BCUT2D eigenvalue weighted by molar-refractivity contribution is 5.42. The molecule has 0 aliphatic rings. The minimum absolute atomic E-state index is 0.495. The Morgan fingerprint density at radius 1 is 1.38 bits per heavy atom. The van der Waals surface area contributed by atoms with Crippen LogP contribution in [-0.2, 0) is 11.3 Å². The fourth-order valence-electron chi connectivity index (χ4n) is 1.09. The standard InChI is InChI=1S/C10H11NO2/c1-12-7-9-4-3-8(6-11)5-10(9)13-2/h3-5H,7H2,1-2H3.